The van der Waals surface area contributed by atoms with Crippen molar-refractivity contribution in [2.45, 2.75) is 107 Å². The van der Waals surface area contributed by atoms with Gasteiger partial charge in [0.15, 0.2) is 0 Å². The summed E-state index contributed by atoms with van der Waals surface area (Å²) in [5.74, 6) is 1.32. The van der Waals surface area contributed by atoms with Crippen LogP contribution in [-0.2, 0) is 14.3 Å². The molecule has 30 heavy (non-hydrogen) atoms. The first-order valence-corrected chi connectivity index (χ1v) is 12.2. The van der Waals surface area contributed by atoms with Gasteiger partial charge in [0, 0.05) is 18.0 Å². The summed E-state index contributed by atoms with van der Waals surface area (Å²) in [5, 5.41) is 5.89. The van der Waals surface area contributed by atoms with Crippen LogP contribution in [0.15, 0.2) is 0 Å². The largest absolute Gasteiger partial charge is 0.368 e. The van der Waals surface area contributed by atoms with Crippen molar-refractivity contribution in [2.24, 2.45) is 17.3 Å². The Hall–Kier alpha value is -0.880. The summed E-state index contributed by atoms with van der Waals surface area (Å²) in [7, 11) is 0. The van der Waals surface area contributed by atoms with Crippen molar-refractivity contribution in [1.82, 2.24) is 10.6 Å². The van der Waals surface area contributed by atoms with Crippen molar-refractivity contribution >= 4 is 23.4 Å². The van der Waals surface area contributed by atoms with Gasteiger partial charge in [-0.3, -0.25) is 9.59 Å². The van der Waals surface area contributed by atoms with Gasteiger partial charge < -0.3 is 15.4 Å². The molecule has 170 valence electrons. The fourth-order valence-electron chi connectivity index (χ4n) is 6.29. The third kappa shape index (κ3) is 4.50. The Kier molecular flexibility index (Phi) is 6.38. The van der Waals surface area contributed by atoms with E-state index < -0.39 is 11.5 Å². The van der Waals surface area contributed by atoms with E-state index in [-0.39, 0.29) is 47.9 Å². The fourth-order valence-corrected chi connectivity index (χ4v) is 6.52. The van der Waals surface area contributed by atoms with Crippen LogP contribution in [-0.4, -0.2) is 47.7 Å². The Morgan fingerprint density at radius 3 is 2.57 bits per heavy atom. The molecule has 0 aromatic carbocycles. The molecule has 5 fully saturated rings. The zero-order chi connectivity index (χ0) is 21.5. The third-order valence-electron chi connectivity index (χ3n) is 8.05. The lowest BCUT2D eigenvalue weighted by Gasteiger charge is -2.69. The van der Waals surface area contributed by atoms with E-state index in [1.165, 1.54) is 25.7 Å². The Labute approximate surface area is 184 Å². The van der Waals surface area contributed by atoms with Crippen molar-refractivity contribution in [3.05, 3.63) is 0 Å². The van der Waals surface area contributed by atoms with Gasteiger partial charge in [0.2, 0.25) is 11.8 Å². The Bertz CT molecular complexity index is 655. The van der Waals surface area contributed by atoms with Gasteiger partial charge in [0.1, 0.15) is 12.8 Å². The van der Waals surface area contributed by atoms with Crippen molar-refractivity contribution in [1.29, 1.82) is 0 Å². The Morgan fingerprint density at radius 1 is 1.17 bits per heavy atom. The zero-order valence-electron chi connectivity index (χ0n) is 18.2. The maximum Gasteiger partial charge on any atom is 0.246 e. The van der Waals surface area contributed by atoms with Crippen molar-refractivity contribution < 1.29 is 18.7 Å². The minimum atomic E-state index is -1.07. The standard InChI is InChI=1S/C23H36ClFN2O3/c1-14-4-3-5-16(8-14)15(2)26-21(29)22-11-23(12-22,13-22)27-20(28)10-30-17-6-7-18(24)19(25)9-17/h14-19H,3-13H2,1-2H3,(H,26,29)(H,27,28)/t14?,15-,16?,17?,18?,19?,22?,23?/m0/s1. The normalized spacial score (nSPS) is 43.7. The molecule has 0 radical (unpaired) electrons. The summed E-state index contributed by atoms with van der Waals surface area (Å²) in [6.45, 7) is 4.39. The van der Waals surface area contributed by atoms with Gasteiger partial charge in [0.05, 0.1) is 16.9 Å². The summed E-state index contributed by atoms with van der Waals surface area (Å²) in [4.78, 5) is 25.1. The highest BCUT2D eigenvalue weighted by Gasteiger charge is 2.72. The minimum Gasteiger partial charge on any atom is -0.368 e. The molecule has 2 amide bonds. The lowest BCUT2D eigenvalue weighted by molar-refractivity contribution is -0.185. The van der Waals surface area contributed by atoms with Gasteiger partial charge in [-0.25, -0.2) is 4.39 Å². The molecule has 0 spiro atoms. The topological polar surface area (TPSA) is 67.4 Å². The molecule has 0 aromatic heterocycles. The van der Waals surface area contributed by atoms with Crippen molar-refractivity contribution in [3.63, 3.8) is 0 Å². The molecule has 5 unspecified atom stereocenters. The highest BCUT2D eigenvalue weighted by Crippen LogP contribution is 2.67. The van der Waals surface area contributed by atoms with E-state index >= 15 is 0 Å². The van der Waals surface area contributed by atoms with Gasteiger partial charge in [-0.15, -0.1) is 11.6 Å². The summed E-state index contributed by atoms with van der Waals surface area (Å²) < 4.78 is 19.3. The highest BCUT2D eigenvalue weighted by atomic mass is 35.5. The monoisotopic (exact) mass is 442 g/mol. The van der Waals surface area contributed by atoms with E-state index in [2.05, 4.69) is 24.5 Å². The highest BCUT2D eigenvalue weighted by molar-refractivity contribution is 6.21. The molecule has 5 saturated carbocycles. The smallest absolute Gasteiger partial charge is 0.246 e. The first-order chi connectivity index (χ1) is 14.2. The van der Waals surface area contributed by atoms with E-state index in [0.717, 1.165) is 25.2 Å². The first-order valence-electron chi connectivity index (χ1n) is 11.7. The number of carbonyl (C=O) groups excluding carboxylic acids is 2. The molecule has 0 saturated heterocycles. The number of hydrogen-bond acceptors (Lipinski definition) is 3. The zero-order valence-corrected chi connectivity index (χ0v) is 19.0. The van der Waals surface area contributed by atoms with E-state index in [1.54, 1.807) is 0 Å². The van der Waals surface area contributed by atoms with Gasteiger partial charge in [0.25, 0.3) is 0 Å². The van der Waals surface area contributed by atoms with Crippen LogP contribution in [0.25, 0.3) is 0 Å². The number of rotatable bonds is 7. The number of nitrogens with one attached hydrogen (secondary N) is 2. The van der Waals surface area contributed by atoms with Crippen molar-refractivity contribution in [3.8, 4) is 0 Å². The van der Waals surface area contributed by atoms with Crippen LogP contribution in [0.3, 0.4) is 0 Å². The number of alkyl halides is 2. The number of amides is 2. The second kappa shape index (κ2) is 8.57. The molecule has 2 bridgehead atoms. The molecule has 5 rings (SSSR count). The SMILES string of the molecule is CC1CCCC([C@H](C)NC(=O)C23CC(NC(=O)COC4CCC(Cl)C(F)C4)(C2)C3)C1. The summed E-state index contributed by atoms with van der Waals surface area (Å²) in [6, 6.07) is 0.218. The molecule has 0 aromatic rings. The summed E-state index contributed by atoms with van der Waals surface area (Å²) in [6.07, 6.45) is 7.33. The average molecular weight is 443 g/mol. The summed E-state index contributed by atoms with van der Waals surface area (Å²) in [5.41, 5.74) is -0.528. The number of hydrogen-bond donors (Lipinski definition) is 2. The minimum absolute atomic E-state index is 0.0534. The third-order valence-corrected chi connectivity index (χ3v) is 8.55. The van der Waals surface area contributed by atoms with Crippen LogP contribution in [0.4, 0.5) is 4.39 Å². The van der Waals surface area contributed by atoms with Crippen LogP contribution < -0.4 is 10.6 Å². The van der Waals surface area contributed by atoms with Gasteiger partial charge in [-0.1, -0.05) is 19.8 Å². The predicted octanol–water partition coefficient (Wildman–Crippen LogP) is 3.87. The van der Waals surface area contributed by atoms with Crippen LogP contribution in [0, 0.1) is 17.3 Å². The Morgan fingerprint density at radius 2 is 1.90 bits per heavy atom. The van der Waals surface area contributed by atoms with Crippen LogP contribution >= 0.6 is 11.6 Å². The second-order valence-electron chi connectivity index (χ2n) is 10.7. The molecule has 5 aliphatic carbocycles. The summed E-state index contributed by atoms with van der Waals surface area (Å²) >= 11 is 5.89. The molecule has 5 nitrogen and oxygen atoms in total. The molecular formula is C23H36ClFN2O3. The van der Waals surface area contributed by atoms with Crippen LogP contribution in [0.1, 0.15) is 78.1 Å². The van der Waals surface area contributed by atoms with E-state index in [9.17, 15) is 14.0 Å². The second-order valence-corrected chi connectivity index (χ2v) is 11.3. The maximum absolute atomic E-state index is 13.7. The van der Waals surface area contributed by atoms with Gasteiger partial charge in [-0.2, -0.15) is 0 Å². The first kappa shape index (κ1) is 22.3. The van der Waals surface area contributed by atoms with Crippen LogP contribution in [0.5, 0.6) is 0 Å². The van der Waals surface area contributed by atoms with E-state index in [1.807, 2.05) is 0 Å². The molecule has 6 atom stereocenters. The molecule has 2 N–H and O–H groups in total. The number of ether oxygens (including phenoxy) is 1. The molecular weight excluding hydrogens is 407 g/mol. The molecule has 5 aliphatic rings. The van der Waals surface area contributed by atoms with Gasteiger partial charge >= 0.3 is 0 Å². The lowest BCUT2D eigenvalue weighted by atomic mass is 9.39. The van der Waals surface area contributed by atoms with Gasteiger partial charge in [-0.05, 0) is 63.7 Å². The molecule has 7 heteroatoms. The number of halogens is 2. The predicted molar refractivity (Wildman–Crippen MR) is 114 cm³/mol. The number of carbonyl (C=O) groups is 2. The maximum atomic E-state index is 13.7. The molecule has 0 heterocycles. The quantitative estimate of drug-likeness (QED) is 0.588. The van der Waals surface area contributed by atoms with Crippen LogP contribution in [0.2, 0.25) is 0 Å². The average Bonchev–Trinajstić information content (AvgIpc) is 2.64. The lowest BCUT2D eigenvalue weighted by Crippen LogP contribution is -2.78. The van der Waals surface area contributed by atoms with E-state index in [0.29, 0.717) is 18.8 Å². The Balaban J connectivity index is 1.16. The fraction of sp³-hybridized carbons (Fsp3) is 0.913. The van der Waals surface area contributed by atoms with E-state index in [4.69, 9.17) is 16.3 Å². The molecule has 0 aliphatic heterocycles. The van der Waals surface area contributed by atoms with Crippen molar-refractivity contribution in [2.75, 3.05) is 6.61 Å².